The lowest BCUT2D eigenvalue weighted by Gasteiger charge is -2.26. The van der Waals surface area contributed by atoms with Crippen LogP contribution in [0.5, 0.6) is 0 Å². The van der Waals surface area contributed by atoms with E-state index in [9.17, 15) is 0 Å². The minimum Gasteiger partial charge on any atom is -0.379 e. The third-order valence-corrected chi connectivity index (χ3v) is 3.78. The largest absolute Gasteiger partial charge is 0.379 e. The monoisotopic (exact) mass is 322 g/mol. The number of hydrogen-bond acceptors (Lipinski definition) is 6. The maximum Gasteiger partial charge on any atom is 0.224 e. The Morgan fingerprint density at radius 3 is 3.00 bits per heavy atom. The first kappa shape index (κ1) is 15.2. The Morgan fingerprint density at radius 1 is 1.36 bits per heavy atom. The molecule has 0 aromatic carbocycles. The van der Waals surface area contributed by atoms with Crippen LogP contribution in [0.1, 0.15) is 6.42 Å². The zero-order valence-electron chi connectivity index (χ0n) is 12.3. The van der Waals surface area contributed by atoms with Gasteiger partial charge in [0, 0.05) is 32.0 Å². The Labute approximate surface area is 134 Å². The van der Waals surface area contributed by atoms with E-state index >= 15 is 0 Å². The molecule has 0 saturated carbocycles. The van der Waals surface area contributed by atoms with Crippen LogP contribution in [0.4, 0.5) is 5.82 Å². The summed E-state index contributed by atoms with van der Waals surface area (Å²) < 4.78 is 5.35. The van der Waals surface area contributed by atoms with Gasteiger partial charge in [0.2, 0.25) is 5.28 Å². The van der Waals surface area contributed by atoms with E-state index in [4.69, 9.17) is 16.3 Å². The van der Waals surface area contributed by atoms with Crippen molar-refractivity contribution in [3.8, 4) is 11.3 Å². The molecule has 1 saturated heterocycles. The molecule has 0 unspecified atom stereocenters. The summed E-state index contributed by atoms with van der Waals surface area (Å²) in [7, 11) is 0. The fourth-order valence-corrected chi connectivity index (χ4v) is 2.57. The predicted octanol–water partition coefficient (Wildman–Crippen LogP) is 1.65. The summed E-state index contributed by atoms with van der Waals surface area (Å²) in [5.74, 6) is 0.728. The highest BCUT2D eigenvalue weighted by Crippen LogP contribution is 2.24. The predicted molar refractivity (Wildman–Crippen MR) is 85.0 cm³/mol. The van der Waals surface area contributed by atoms with Gasteiger partial charge in [-0.25, -0.2) is 9.97 Å². The van der Waals surface area contributed by atoms with Crippen LogP contribution >= 0.6 is 11.6 Å². The van der Waals surface area contributed by atoms with Crippen LogP contribution in [0.2, 0.25) is 5.28 Å². The van der Waals surface area contributed by atoms with E-state index < -0.39 is 0 Å². The first-order chi connectivity index (χ1) is 10.8. The van der Waals surface area contributed by atoms with Gasteiger partial charge < -0.3 is 10.1 Å². The van der Waals surface area contributed by atoms with E-state index in [-0.39, 0.29) is 5.28 Å². The zero-order chi connectivity index (χ0) is 15.2. The second-order valence-corrected chi connectivity index (χ2v) is 5.44. The summed E-state index contributed by atoms with van der Waals surface area (Å²) in [5.41, 5.74) is 1.74. The molecule has 3 rings (SSSR count). The molecule has 2 aromatic heterocycles. The number of rotatable bonds is 6. The standard InChI is InChI=1S/C14H19ClN6O/c15-14-17-10-11(12-2-4-18-20-12)13(19-14)16-3-1-5-21-6-8-22-9-7-21/h2,4,10H,1,3,5-9H2,(H,18,20)(H,16,17,19). The topological polar surface area (TPSA) is 79.0 Å². The lowest BCUT2D eigenvalue weighted by atomic mass is 10.2. The molecule has 2 aromatic rings. The number of anilines is 1. The summed E-state index contributed by atoms with van der Waals surface area (Å²) in [4.78, 5) is 10.7. The Kier molecular flexibility index (Phi) is 5.20. The van der Waals surface area contributed by atoms with Crippen molar-refractivity contribution in [1.82, 2.24) is 25.1 Å². The number of aromatic nitrogens is 4. The van der Waals surface area contributed by atoms with Gasteiger partial charge in [0.25, 0.3) is 0 Å². The van der Waals surface area contributed by atoms with Gasteiger partial charge in [-0.3, -0.25) is 10.00 Å². The van der Waals surface area contributed by atoms with Crippen LogP contribution in [0.15, 0.2) is 18.5 Å². The molecule has 0 spiro atoms. The van der Waals surface area contributed by atoms with Crippen molar-refractivity contribution in [1.29, 1.82) is 0 Å². The highest BCUT2D eigenvalue weighted by atomic mass is 35.5. The molecule has 1 fully saturated rings. The number of aromatic amines is 1. The lowest BCUT2D eigenvalue weighted by molar-refractivity contribution is 0.0378. The molecular formula is C14H19ClN6O. The Balaban J connectivity index is 1.56. The normalized spacial score (nSPS) is 15.9. The molecule has 0 amide bonds. The molecule has 0 bridgehead atoms. The van der Waals surface area contributed by atoms with Crippen molar-refractivity contribution in [2.45, 2.75) is 6.42 Å². The summed E-state index contributed by atoms with van der Waals surface area (Å²) in [6.45, 7) is 5.57. The number of morpholine rings is 1. The molecule has 118 valence electrons. The van der Waals surface area contributed by atoms with E-state index in [1.165, 1.54) is 0 Å². The fraction of sp³-hybridized carbons (Fsp3) is 0.500. The number of nitrogens with one attached hydrogen (secondary N) is 2. The molecule has 3 heterocycles. The van der Waals surface area contributed by atoms with Gasteiger partial charge in [-0.2, -0.15) is 5.10 Å². The number of halogens is 1. The van der Waals surface area contributed by atoms with Gasteiger partial charge in [-0.15, -0.1) is 0 Å². The van der Waals surface area contributed by atoms with Crippen LogP contribution in [0, 0.1) is 0 Å². The summed E-state index contributed by atoms with van der Waals surface area (Å²) in [5, 5.41) is 10.5. The van der Waals surface area contributed by atoms with Crippen molar-refractivity contribution in [2.75, 3.05) is 44.7 Å². The fourth-order valence-electron chi connectivity index (χ4n) is 2.43. The number of nitrogens with zero attached hydrogens (tertiary/aromatic N) is 4. The average Bonchev–Trinajstić information content (AvgIpc) is 3.07. The van der Waals surface area contributed by atoms with Crippen LogP contribution < -0.4 is 5.32 Å². The smallest absolute Gasteiger partial charge is 0.224 e. The second-order valence-electron chi connectivity index (χ2n) is 5.11. The SMILES string of the molecule is Clc1ncc(-c2ccn[nH]2)c(NCCCN2CCOCC2)n1. The Bertz CT molecular complexity index is 585. The molecule has 8 heteroatoms. The molecule has 22 heavy (non-hydrogen) atoms. The third kappa shape index (κ3) is 3.94. The number of H-pyrrole nitrogens is 1. The van der Waals surface area contributed by atoms with E-state index in [0.29, 0.717) is 0 Å². The van der Waals surface area contributed by atoms with Crippen LogP contribution in [0.25, 0.3) is 11.3 Å². The van der Waals surface area contributed by atoms with E-state index in [2.05, 4.69) is 30.4 Å². The highest BCUT2D eigenvalue weighted by molar-refractivity contribution is 6.28. The van der Waals surface area contributed by atoms with Crippen molar-refractivity contribution in [3.05, 3.63) is 23.7 Å². The average molecular weight is 323 g/mol. The van der Waals surface area contributed by atoms with Crippen molar-refractivity contribution < 1.29 is 4.74 Å². The molecule has 0 aliphatic carbocycles. The highest BCUT2D eigenvalue weighted by Gasteiger charge is 2.11. The van der Waals surface area contributed by atoms with Crippen molar-refractivity contribution >= 4 is 17.4 Å². The van der Waals surface area contributed by atoms with Gasteiger partial charge in [-0.05, 0) is 30.6 Å². The van der Waals surface area contributed by atoms with E-state index in [1.54, 1.807) is 12.4 Å². The summed E-state index contributed by atoms with van der Waals surface area (Å²) in [6, 6.07) is 1.88. The molecular weight excluding hydrogens is 304 g/mol. The molecule has 2 N–H and O–H groups in total. The van der Waals surface area contributed by atoms with Gasteiger partial charge >= 0.3 is 0 Å². The van der Waals surface area contributed by atoms with E-state index in [0.717, 1.165) is 62.9 Å². The molecule has 7 nitrogen and oxygen atoms in total. The quantitative estimate of drug-likeness (QED) is 0.622. The van der Waals surface area contributed by atoms with Gasteiger partial charge in [0.1, 0.15) is 5.82 Å². The number of ether oxygens (including phenoxy) is 1. The second kappa shape index (κ2) is 7.53. The van der Waals surface area contributed by atoms with Crippen LogP contribution in [-0.2, 0) is 4.74 Å². The zero-order valence-corrected chi connectivity index (χ0v) is 13.0. The van der Waals surface area contributed by atoms with Crippen molar-refractivity contribution in [3.63, 3.8) is 0 Å². The first-order valence-corrected chi connectivity index (χ1v) is 7.77. The minimum absolute atomic E-state index is 0.235. The molecule has 0 radical (unpaired) electrons. The number of hydrogen-bond donors (Lipinski definition) is 2. The Morgan fingerprint density at radius 2 is 2.23 bits per heavy atom. The van der Waals surface area contributed by atoms with Gasteiger partial charge in [0.05, 0.1) is 24.5 Å². The van der Waals surface area contributed by atoms with Crippen LogP contribution in [0.3, 0.4) is 0 Å². The lowest BCUT2D eigenvalue weighted by Crippen LogP contribution is -2.37. The van der Waals surface area contributed by atoms with Crippen molar-refractivity contribution in [2.24, 2.45) is 0 Å². The minimum atomic E-state index is 0.235. The van der Waals surface area contributed by atoms with Crippen LogP contribution in [-0.4, -0.2) is 64.5 Å². The van der Waals surface area contributed by atoms with Gasteiger partial charge in [-0.1, -0.05) is 0 Å². The molecule has 1 aliphatic heterocycles. The maximum atomic E-state index is 5.90. The summed E-state index contributed by atoms with van der Waals surface area (Å²) in [6.07, 6.45) is 4.43. The first-order valence-electron chi connectivity index (χ1n) is 7.39. The summed E-state index contributed by atoms with van der Waals surface area (Å²) >= 11 is 5.90. The Hall–Kier alpha value is -1.70. The molecule has 1 aliphatic rings. The molecule has 0 atom stereocenters. The third-order valence-electron chi connectivity index (χ3n) is 3.60. The maximum absolute atomic E-state index is 5.90. The van der Waals surface area contributed by atoms with Gasteiger partial charge in [0.15, 0.2) is 0 Å². The van der Waals surface area contributed by atoms with E-state index in [1.807, 2.05) is 6.07 Å².